The van der Waals surface area contributed by atoms with Crippen molar-refractivity contribution in [1.82, 2.24) is 15.5 Å². The third-order valence-electron chi connectivity index (χ3n) is 4.87. The van der Waals surface area contributed by atoms with Gasteiger partial charge in [0.05, 0.1) is 0 Å². The molecular weight excluding hydrogens is 344 g/mol. The van der Waals surface area contributed by atoms with Gasteiger partial charge in [-0.1, -0.05) is 44.1 Å². The van der Waals surface area contributed by atoms with Crippen molar-refractivity contribution in [1.29, 1.82) is 0 Å². The van der Waals surface area contributed by atoms with Gasteiger partial charge in [-0.05, 0) is 25.5 Å². The smallest absolute Gasteiger partial charge is 0.242 e. The van der Waals surface area contributed by atoms with Gasteiger partial charge in [0, 0.05) is 30.6 Å². The molecule has 1 atom stereocenters. The molecule has 1 aromatic carbocycles. The Morgan fingerprint density at radius 3 is 2.63 bits per heavy atom. The van der Waals surface area contributed by atoms with Crippen molar-refractivity contribution >= 4 is 17.5 Å². The van der Waals surface area contributed by atoms with E-state index in [0.717, 1.165) is 5.69 Å². The maximum Gasteiger partial charge on any atom is 0.242 e. The second-order valence-electron chi connectivity index (χ2n) is 8.15. The third kappa shape index (κ3) is 3.86. The summed E-state index contributed by atoms with van der Waals surface area (Å²) in [6.07, 6.45) is 0.945. The van der Waals surface area contributed by atoms with Crippen LogP contribution in [-0.2, 0) is 21.4 Å². The molecule has 2 amide bonds. The fraction of sp³-hybridized carbons (Fsp3) is 0.500. The van der Waals surface area contributed by atoms with E-state index < -0.39 is 5.41 Å². The van der Waals surface area contributed by atoms with Gasteiger partial charge in [-0.15, -0.1) is 0 Å². The van der Waals surface area contributed by atoms with E-state index in [1.54, 1.807) is 11.8 Å². The lowest BCUT2D eigenvalue weighted by Gasteiger charge is -2.22. The Kier molecular flexibility index (Phi) is 5.04. The molecule has 1 aliphatic rings. The minimum absolute atomic E-state index is 0.166. The minimum Gasteiger partial charge on any atom is -0.355 e. The number of anilines is 1. The first kappa shape index (κ1) is 19.1. The standard InChI is InChI=1S/C20H26N4O3/c1-19(2,3)17-22-15(23-27-17)10-12-21-16(25)20(4)11-13-24(18(20)26)14-8-6-5-7-9-14/h5-9H,10-13H2,1-4H3,(H,21,25)/t20-/m1/s1. The van der Waals surface area contributed by atoms with E-state index in [-0.39, 0.29) is 17.2 Å². The second kappa shape index (κ2) is 7.13. The van der Waals surface area contributed by atoms with Crippen molar-refractivity contribution in [2.24, 2.45) is 5.41 Å². The highest BCUT2D eigenvalue weighted by Gasteiger charge is 2.48. The lowest BCUT2D eigenvalue weighted by atomic mass is 9.87. The SMILES string of the molecule is CC(C)(C)c1nc(CCNC(=O)[C@@]2(C)CCN(c3ccccc3)C2=O)no1. The molecule has 0 aliphatic carbocycles. The molecule has 1 saturated heterocycles. The van der Waals surface area contributed by atoms with Crippen LogP contribution >= 0.6 is 0 Å². The van der Waals surface area contributed by atoms with Crippen LogP contribution in [0.5, 0.6) is 0 Å². The maximum atomic E-state index is 12.8. The molecule has 27 heavy (non-hydrogen) atoms. The average Bonchev–Trinajstić information content (AvgIpc) is 3.22. The molecule has 0 radical (unpaired) electrons. The van der Waals surface area contributed by atoms with Gasteiger partial charge < -0.3 is 14.7 Å². The van der Waals surface area contributed by atoms with Crippen LogP contribution in [0.3, 0.4) is 0 Å². The summed E-state index contributed by atoms with van der Waals surface area (Å²) in [5, 5.41) is 6.80. The number of carbonyl (C=O) groups is 2. The summed E-state index contributed by atoms with van der Waals surface area (Å²) in [5.41, 5.74) is -0.441. The van der Waals surface area contributed by atoms with Crippen LogP contribution in [0.15, 0.2) is 34.9 Å². The number of rotatable bonds is 5. The molecule has 2 aromatic rings. The summed E-state index contributed by atoms with van der Waals surface area (Å²) in [5.74, 6) is 0.695. The Morgan fingerprint density at radius 1 is 1.30 bits per heavy atom. The Labute approximate surface area is 159 Å². The van der Waals surface area contributed by atoms with Crippen LogP contribution in [0.25, 0.3) is 0 Å². The zero-order chi connectivity index (χ0) is 19.7. The van der Waals surface area contributed by atoms with E-state index in [2.05, 4.69) is 15.5 Å². The van der Waals surface area contributed by atoms with Crippen LogP contribution in [-0.4, -0.2) is 35.0 Å². The topological polar surface area (TPSA) is 88.3 Å². The van der Waals surface area contributed by atoms with Gasteiger partial charge in [-0.25, -0.2) is 0 Å². The Hall–Kier alpha value is -2.70. The first-order chi connectivity index (χ1) is 12.7. The van der Waals surface area contributed by atoms with E-state index in [1.165, 1.54) is 0 Å². The van der Waals surface area contributed by atoms with Gasteiger partial charge in [0.25, 0.3) is 0 Å². The number of benzene rings is 1. The van der Waals surface area contributed by atoms with Crippen molar-refractivity contribution in [3.05, 3.63) is 42.0 Å². The quantitative estimate of drug-likeness (QED) is 0.817. The van der Waals surface area contributed by atoms with Gasteiger partial charge in [-0.2, -0.15) is 4.98 Å². The number of aromatic nitrogens is 2. The summed E-state index contributed by atoms with van der Waals surface area (Å²) in [4.78, 5) is 31.6. The second-order valence-corrected chi connectivity index (χ2v) is 8.15. The molecule has 0 saturated carbocycles. The van der Waals surface area contributed by atoms with E-state index in [0.29, 0.717) is 37.6 Å². The summed E-state index contributed by atoms with van der Waals surface area (Å²) in [6.45, 7) is 8.59. The molecule has 1 N–H and O–H groups in total. The average molecular weight is 370 g/mol. The largest absolute Gasteiger partial charge is 0.355 e. The number of nitrogens with one attached hydrogen (secondary N) is 1. The summed E-state index contributed by atoms with van der Waals surface area (Å²) in [6, 6.07) is 9.43. The molecule has 2 heterocycles. The van der Waals surface area contributed by atoms with Crippen LogP contribution in [0, 0.1) is 5.41 Å². The molecule has 3 rings (SSSR count). The molecule has 0 unspecified atom stereocenters. The number of carbonyl (C=O) groups excluding carboxylic acids is 2. The van der Waals surface area contributed by atoms with Crippen molar-refractivity contribution in [3.63, 3.8) is 0 Å². The predicted octanol–water partition coefficient (Wildman–Crippen LogP) is 2.47. The van der Waals surface area contributed by atoms with E-state index >= 15 is 0 Å². The van der Waals surface area contributed by atoms with Crippen molar-refractivity contribution in [3.8, 4) is 0 Å². The lowest BCUT2D eigenvalue weighted by molar-refractivity contribution is -0.138. The van der Waals surface area contributed by atoms with Crippen LogP contribution < -0.4 is 10.2 Å². The third-order valence-corrected chi connectivity index (χ3v) is 4.87. The molecule has 0 bridgehead atoms. The highest BCUT2D eigenvalue weighted by molar-refractivity contribution is 6.13. The predicted molar refractivity (Wildman–Crippen MR) is 101 cm³/mol. The zero-order valence-corrected chi connectivity index (χ0v) is 16.3. The van der Waals surface area contributed by atoms with Crippen molar-refractivity contribution in [2.45, 2.75) is 46.0 Å². The molecule has 7 heteroatoms. The van der Waals surface area contributed by atoms with Crippen LogP contribution in [0.2, 0.25) is 0 Å². The van der Waals surface area contributed by atoms with Crippen LogP contribution in [0.4, 0.5) is 5.69 Å². The van der Waals surface area contributed by atoms with E-state index in [1.807, 2.05) is 51.1 Å². The fourth-order valence-corrected chi connectivity index (χ4v) is 3.05. The highest BCUT2D eigenvalue weighted by Crippen LogP contribution is 2.34. The zero-order valence-electron chi connectivity index (χ0n) is 16.3. The van der Waals surface area contributed by atoms with Gasteiger partial charge >= 0.3 is 0 Å². The van der Waals surface area contributed by atoms with Gasteiger partial charge in [0.2, 0.25) is 17.7 Å². The van der Waals surface area contributed by atoms with Crippen molar-refractivity contribution < 1.29 is 14.1 Å². The van der Waals surface area contributed by atoms with E-state index in [9.17, 15) is 9.59 Å². The van der Waals surface area contributed by atoms with Gasteiger partial charge in [0.15, 0.2) is 5.82 Å². The molecule has 1 aromatic heterocycles. The molecule has 7 nitrogen and oxygen atoms in total. The molecule has 144 valence electrons. The van der Waals surface area contributed by atoms with Gasteiger partial charge in [-0.3, -0.25) is 9.59 Å². The number of hydrogen-bond donors (Lipinski definition) is 1. The molecule has 0 spiro atoms. The summed E-state index contributed by atoms with van der Waals surface area (Å²) < 4.78 is 5.25. The lowest BCUT2D eigenvalue weighted by Crippen LogP contribution is -2.45. The highest BCUT2D eigenvalue weighted by atomic mass is 16.5. The first-order valence-electron chi connectivity index (χ1n) is 9.20. The Balaban J connectivity index is 1.58. The number of hydrogen-bond acceptors (Lipinski definition) is 5. The molecular formula is C20H26N4O3. The minimum atomic E-state index is -1.05. The monoisotopic (exact) mass is 370 g/mol. The Morgan fingerprint density at radius 2 is 2.00 bits per heavy atom. The van der Waals surface area contributed by atoms with Crippen LogP contribution in [0.1, 0.15) is 45.8 Å². The van der Waals surface area contributed by atoms with Gasteiger partial charge in [0.1, 0.15) is 5.41 Å². The number of amides is 2. The number of nitrogens with zero attached hydrogens (tertiary/aromatic N) is 3. The summed E-state index contributed by atoms with van der Waals surface area (Å²) in [7, 11) is 0. The number of para-hydroxylation sites is 1. The molecule has 1 fully saturated rings. The normalized spacial score (nSPS) is 20.1. The Bertz CT molecular complexity index is 825. The maximum absolute atomic E-state index is 12.8. The van der Waals surface area contributed by atoms with E-state index in [4.69, 9.17) is 4.52 Å². The fourth-order valence-electron chi connectivity index (χ4n) is 3.05. The van der Waals surface area contributed by atoms with Crippen molar-refractivity contribution in [2.75, 3.05) is 18.0 Å². The first-order valence-corrected chi connectivity index (χ1v) is 9.20. The summed E-state index contributed by atoms with van der Waals surface area (Å²) >= 11 is 0. The molecule has 1 aliphatic heterocycles.